The second-order valence-electron chi connectivity index (χ2n) is 3.02. The van der Waals surface area contributed by atoms with Gasteiger partial charge >= 0.3 is 0 Å². The summed E-state index contributed by atoms with van der Waals surface area (Å²) in [5, 5.41) is 7.42. The molecule has 1 aromatic heterocycles. The van der Waals surface area contributed by atoms with E-state index in [1.54, 1.807) is 0 Å². The molecule has 0 unspecified atom stereocenters. The van der Waals surface area contributed by atoms with E-state index in [0.717, 1.165) is 6.92 Å². The first-order valence-electron chi connectivity index (χ1n) is 5.58. The van der Waals surface area contributed by atoms with Crippen LogP contribution >= 0.6 is 0 Å². The van der Waals surface area contributed by atoms with Crippen LogP contribution in [0.2, 0.25) is 0 Å². The quantitative estimate of drug-likeness (QED) is 0.849. The maximum atomic E-state index is 9.00. The number of H-pyrrole nitrogens is 1. The molecule has 0 spiro atoms. The van der Waals surface area contributed by atoms with Crippen LogP contribution in [-0.2, 0) is 4.79 Å². The van der Waals surface area contributed by atoms with Crippen LogP contribution in [0, 0.1) is 0 Å². The molecule has 0 radical (unpaired) electrons. The number of carboxylic acids is 1. The molecule has 1 heterocycles. The van der Waals surface area contributed by atoms with Crippen LogP contribution in [-0.4, -0.2) is 46.1 Å². The van der Waals surface area contributed by atoms with E-state index in [1.165, 1.54) is 19.6 Å². The van der Waals surface area contributed by atoms with Crippen LogP contribution in [0.1, 0.15) is 27.7 Å². The molecule has 0 aliphatic rings. The van der Waals surface area contributed by atoms with Gasteiger partial charge in [-0.3, -0.25) is 4.79 Å². The highest BCUT2D eigenvalue weighted by molar-refractivity contribution is 5.62. The molecule has 102 valence electrons. The minimum Gasteiger partial charge on any atom is -0.481 e. The average Bonchev–Trinajstić information content (AvgIpc) is 2.77. The summed E-state index contributed by atoms with van der Waals surface area (Å²) < 4.78 is 0. The lowest BCUT2D eigenvalue weighted by atomic mass is 10.5. The summed E-state index contributed by atoms with van der Waals surface area (Å²) in [6.45, 7) is 11.2. The summed E-state index contributed by atoms with van der Waals surface area (Å²) in [5.41, 5.74) is 0. The number of carbonyl (C=O) groups is 1. The lowest BCUT2D eigenvalue weighted by molar-refractivity contribution is -0.134. The lowest BCUT2D eigenvalue weighted by Gasteiger charge is -2.13. The molecular formula is C12H26N2O3. The van der Waals surface area contributed by atoms with Gasteiger partial charge in [0.1, 0.15) is 0 Å². The molecule has 5 nitrogen and oxygen atoms in total. The summed E-state index contributed by atoms with van der Waals surface area (Å²) in [4.78, 5) is 14.2. The maximum Gasteiger partial charge on any atom is 0.300 e. The van der Waals surface area contributed by atoms with Crippen LogP contribution in [0.15, 0.2) is 24.5 Å². The fourth-order valence-electron chi connectivity index (χ4n) is 0.949. The maximum absolute atomic E-state index is 9.00. The topological polar surface area (TPSA) is 87.8 Å². The number of nitrogens with one attached hydrogen (secondary N) is 1. The van der Waals surface area contributed by atoms with E-state index in [1.807, 2.05) is 24.5 Å². The predicted molar refractivity (Wildman–Crippen MR) is 71.2 cm³/mol. The standard InChI is InChI=1S/C6H15N.C4H5N.C2H4O2.H2O/c1-4-7(5-2)6-3;1-2-4-5-3-1;1-2(3)4;/h4-6H2,1-3H3;1-5H;1H3,(H,3,4);1H2. The zero-order chi connectivity index (χ0) is 12.8. The Morgan fingerprint density at radius 1 is 1.12 bits per heavy atom. The SMILES string of the molecule is CC(=O)O.CCN(CC)CC.O.c1cc[nH]c1. The van der Waals surface area contributed by atoms with Gasteiger partial charge in [0, 0.05) is 19.3 Å². The Hall–Kier alpha value is -1.33. The molecule has 17 heavy (non-hydrogen) atoms. The van der Waals surface area contributed by atoms with Gasteiger partial charge in [-0.1, -0.05) is 20.8 Å². The second-order valence-corrected chi connectivity index (χ2v) is 3.02. The Kier molecular flexibility index (Phi) is 21.1. The van der Waals surface area contributed by atoms with Gasteiger partial charge in [-0.25, -0.2) is 0 Å². The fraction of sp³-hybridized carbons (Fsp3) is 0.583. The number of aromatic amines is 1. The number of hydrogen-bond donors (Lipinski definition) is 2. The van der Waals surface area contributed by atoms with Crippen molar-refractivity contribution in [2.75, 3.05) is 19.6 Å². The molecule has 0 saturated carbocycles. The molecular weight excluding hydrogens is 220 g/mol. The van der Waals surface area contributed by atoms with Gasteiger partial charge in [0.05, 0.1) is 0 Å². The predicted octanol–water partition coefficient (Wildman–Crippen LogP) is 1.63. The largest absolute Gasteiger partial charge is 0.481 e. The van der Waals surface area contributed by atoms with E-state index in [-0.39, 0.29) is 5.48 Å². The van der Waals surface area contributed by atoms with Crippen LogP contribution in [0.5, 0.6) is 0 Å². The molecule has 4 N–H and O–H groups in total. The fourth-order valence-corrected chi connectivity index (χ4v) is 0.949. The first kappa shape index (κ1) is 21.0. The molecule has 0 fully saturated rings. The smallest absolute Gasteiger partial charge is 0.300 e. The molecule has 1 aromatic rings. The molecule has 0 aromatic carbocycles. The third-order valence-electron chi connectivity index (χ3n) is 1.84. The van der Waals surface area contributed by atoms with E-state index in [0.29, 0.717) is 0 Å². The van der Waals surface area contributed by atoms with Crippen molar-refractivity contribution in [2.45, 2.75) is 27.7 Å². The Morgan fingerprint density at radius 3 is 1.47 bits per heavy atom. The van der Waals surface area contributed by atoms with Crippen molar-refractivity contribution < 1.29 is 15.4 Å². The minimum absolute atomic E-state index is 0. The molecule has 0 saturated heterocycles. The normalized spacial score (nSPS) is 8.06. The molecule has 1 rings (SSSR count). The van der Waals surface area contributed by atoms with Crippen LogP contribution in [0.3, 0.4) is 0 Å². The van der Waals surface area contributed by atoms with Crippen molar-refractivity contribution in [1.82, 2.24) is 9.88 Å². The number of rotatable bonds is 3. The van der Waals surface area contributed by atoms with E-state index >= 15 is 0 Å². The highest BCUT2D eigenvalue weighted by atomic mass is 16.4. The molecule has 0 amide bonds. The van der Waals surface area contributed by atoms with Crippen molar-refractivity contribution in [3.05, 3.63) is 24.5 Å². The van der Waals surface area contributed by atoms with Gasteiger partial charge < -0.3 is 20.5 Å². The molecule has 0 aliphatic carbocycles. The van der Waals surface area contributed by atoms with Gasteiger partial charge in [-0.05, 0) is 31.8 Å². The Morgan fingerprint density at radius 2 is 1.41 bits per heavy atom. The third kappa shape index (κ3) is 25.2. The van der Waals surface area contributed by atoms with Crippen molar-refractivity contribution in [1.29, 1.82) is 0 Å². The molecule has 0 aliphatic heterocycles. The Bertz CT molecular complexity index is 195. The van der Waals surface area contributed by atoms with Gasteiger partial charge in [0.25, 0.3) is 5.97 Å². The minimum atomic E-state index is -0.833. The van der Waals surface area contributed by atoms with E-state index in [9.17, 15) is 0 Å². The monoisotopic (exact) mass is 246 g/mol. The van der Waals surface area contributed by atoms with Crippen LogP contribution < -0.4 is 0 Å². The second kappa shape index (κ2) is 17.1. The van der Waals surface area contributed by atoms with E-state index in [2.05, 4.69) is 30.7 Å². The van der Waals surface area contributed by atoms with Gasteiger partial charge in [-0.15, -0.1) is 0 Å². The zero-order valence-corrected chi connectivity index (χ0v) is 11.2. The van der Waals surface area contributed by atoms with Crippen molar-refractivity contribution in [2.24, 2.45) is 0 Å². The van der Waals surface area contributed by atoms with Gasteiger partial charge in [0.15, 0.2) is 0 Å². The number of hydrogen-bond acceptors (Lipinski definition) is 2. The number of nitrogens with zero attached hydrogens (tertiary/aromatic N) is 1. The molecule has 0 bridgehead atoms. The summed E-state index contributed by atoms with van der Waals surface area (Å²) >= 11 is 0. The summed E-state index contributed by atoms with van der Waals surface area (Å²) in [6.07, 6.45) is 3.75. The van der Waals surface area contributed by atoms with Gasteiger partial charge in [-0.2, -0.15) is 0 Å². The van der Waals surface area contributed by atoms with Crippen LogP contribution in [0.4, 0.5) is 0 Å². The number of carboxylic acid groups (broad SMARTS) is 1. The highest BCUT2D eigenvalue weighted by Crippen LogP contribution is 1.81. The third-order valence-corrected chi connectivity index (χ3v) is 1.84. The first-order valence-corrected chi connectivity index (χ1v) is 5.58. The average molecular weight is 246 g/mol. The summed E-state index contributed by atoms with van der Waals surface area (Å²) in [7, 11) is 0. The summed E-state index contributed by atoms with van der Waals surface area (Å²) in [6, 6.07) is 3.89. The highest BCUT2D eigenvalue weighted by Gasteiger charge is 1.89. The lowest BCUT2D eigenvalue weighted by Crippen LogP contribution is -2.21. The van der Waals surface area contributed by atoms with Crippen molar-refractivity contribution >= 4 is 5.97 Å². The van der Waals surface area contributed by atoms with Crippen molar-refractivity contribution in [3.63, 3.8) is 0 Å². The van der Waals surface area contributed by atoms with E-state index < -0.39 is 5.97 Å². The Balaban J connectivity index is -0.000000175. The molecule has 0 atom stereocenters. The summed E-state index contributed by atoms with van der Waals surface area (Å²) in [5.74, 6) is -0.833. The molecule has 5 heteroatoms. The van der Waals surface area contributed by atoms with Gasteiger partial charge in [0.2, 0.25) is 0 Å². The number of aromatic nitrogens is 1. The van der Waals surface area contributed by atoms with Crippen molar-refractivity contribution in [3.8, 4) is 0 Å². The van der Waals surface area contributed by atoms with E-state index in [4.69, 9.17) is 9.90 Å². The first-order chi connectivity index (χ1) is 7.58. The zero-order valence-electron chi connectivity index (χ0n) is 11.2. The number of aliphatic carboxylic acids is 1. The Labute approximate surface area is 104 Å². The van der Waals surface area contributed by atoms with Crippen LogP contribution in [0.25, 0.3) is 0 Å².